The van der Waals surface area contributed by atoms with Crippen LogP contribution in [-0.4, -0.2) is 31.6 Å². The molecule has 0 radical (unpaired) electrons. The zero-order chi connectivity index (χ0) is 8.39. The highest BCUT2D eigenvalue weighted by Crippen LogP contribution is 2.26. The summed E-state index contributed by atoms with van der Waals surface area (Å²) in [5.74, 6) is 2.33. The van der Waals surface area contributed by atoms with Crippen LogP contribution in [0.25, 0.3) is 0 Å². The molecule has 1 aromatic heterocycles. The molecule has 2 heterocycles. The Morgan fingerprint density at radius 1 is 1.75 bits per heavy atom. The summed E-state index contributed by atoms with van der Waals surface area (Å²) in [6.45, 7) is -0.0140. The minimum Gasteiger partial charge on any atom is -0.390 e. The van der Waals surface area contributed by atoms with Gasteiger partial charge in [0.15, 0.2) is 0 Å². The summed E-state index contributed by atoms with van der Waals surface area (Å²) >= 11 is 1.94. The molecule has 12 heavy (non-hydrogen) atoms. The van der Waals surface area contributed by atoms with Crippen molar-refractivity contribution in [1.82, 2.24) is 15.0 Å². The predicted molar refractivity (Wildman–Crippen MR) is 46.9 cm³/mol. The van der Waals surface area contributed by atoms with Crippen LogP contribution in [0.2, 0.25) is 0 Å². The van der Waals surface area contributed by atoms with E-state index in [2.05, 4.69) is 10.3 Å². The summed E-state index contributed by atoms with van der Waals surface area (Å²) in [6.07, 6.45) is 3.00. The maximum absolute atomic E-state index is 8.77. The average molecular weight is 185 g/mol. The largest absolute Gasteiger partial charge is 0.390 e. The first kappa shape index (κ1) is 8.07. The number of aliphatic hydroxyl groups excluding tert-OH is 1. The maximum atomic E-state index is 8.77. The van der Waals surface area contributed by atoms with Gasteiger partial charge in [0.05, 0.1) is 18.8 Å². The van der Waals surface area contributed by atoms with E-state index in [-0.39, 0.29) is 6.61 Å². The molecule has 1 N–H and O–H groups in total. The number of nitrogens with zero attached hydrogens (tertiary/aromatic N) is 3. The van der Waals surface area contributed by atoms with E-state index in [1.807, 2.05) is 22.6 Å². The molecule has 1 aliphatic rings. The van der Waals surface area contributed by atoms with Gasteiger partial charge in [-0.15, -0.1) is 5.10 Å². The fourth-order valence-corrected chi connectivity index (χ4v) is 2.49. The van der Waals surface area contributed by atoms with Gasteiger partial charge in [-0.3, -0.25) is 0 Å². The van der Waals surface area contributed by atoms with E-state index in [4.69, 9.17) is 5.11 Å². The molecule has 4 nitrogen and oxygen atoms in total. The van der Waals surface area contributed by atoms with E-state index in [1.165, 1.54) is 12.2 Å². The summed E-state index contributed by atoms with van der Waals surface area (Å²) in [6, 6.07) is 0.489. The first-order valence-electron chi connectivity index (χ1n) is 3.99. The van der Waals surface area contributed by atoms with Crippen LogP contribution in [-0.2, 0) is 6.61 Å². The van der Waals surface area contributed by atoms with Crippen molar-refractivity contribution in [3.63, 3.8) is 0 Å². The summed E-state index contributed by atoms with van der Waals surface area (Å²) in [7, 11) is 0. The summed E-state index contributed by atoms with van der Waals surface area (Å²) in [5.41, 5.74) is 0.659. The molecule has 0 aromatic carbocycles. The molecule has 66 valence electrons. The molecule has 1 saturated heterocycles. The van der Waals surface area contributed by atoms with Crippen molar-refractivity contribution in [2.24, 2.45) is 0 Å². The fourth-order valence-electron chi connectivity index (χ4n) is 1.30. The molecule has 1 aromatic rings. The van der Waals surface area contributed by atoms with Gasteiger partial charge in [-0.05, 0) is 12.2 Å². The van der Waals surface area contributed by atoms with Crippen LogP contribution in [0.4, 0.5) is 0 Å². The number of thioether (sulfide) groups is 1. The number of rotatable bonds is 2. The van der Waals surface area contributed by atoms with E-state index >= 15 is 0 Å². The van der Waals surface area contributed by atoms with Crippen molar-refractivity contribution in [1.29, 1.82) is 0 Å². The third-order valence-corrected chi connectivity index (χ3v) is 3.14. The highest BCUT2D eigenvalue weighted by molar-refractivity contribution is 7.99. The first-order valence-corrected chi connectivity index (χ1v) is 5.15. The number of aromatic nitrogens is 3. The van der Waals surface area contributed by atoms with Crippen molar-refractivity contribution in [2.75, 3.05) is 11.5 Å². The Hall–Kier alpha value is -0.550. The standard InChI is InChI=1S/C7H11N3OS/c11-4-6-3-10(9-8-6)7-1-2-12-5-7/h3,7,11H,1-2,4-5H2/t7-/m1/s1. The van der Waals surface area contributed by atoms with Gasteiger partial charge < -0.3 is 5.11 Å². The molecule has 1 aliphatic heterocycles. The van der Waals surface area contributed by atoms with E-state index in [9.17, 15) is 0 Å². The minimum absolute atomic E-state index is 0.0140. The molecular formula is C7H11N3OS. The fraction of sp³-hybridized carbons (Fsp3) is 0.714. The average Bonchev–Trinajstić information content (AvgIpc) is 2.75. The lowest BCUT2D eigenvalue weighted by molar-refractivity contribution is 0.276. The van der Waals surface area contributed by atoms with Crippen LogP contribution in [0.3, 0.4) is 0 Å². The lowest BCUT2D eigenvalue weighted by Crippen LogP contribution is -2.08. The molecule has 1 atom stereocenters. The molecule has 0 bridgehead atoms. The quantitative estimate of drug-likeness (QED) is 0.726. The van der Waals surface area contributed by atoms with Gasteiger partial charge in [-0.25, -0.2) is 4.68 Å². The topological polar surface area (TPSA) is 50.9 Å². The third-order valence-electron chi connectivity index (χ3n) is 2.00. The molecule has 0 amide bonds. The van der Waals surface area contributed by atoms with Crippen LogP contribution in [0, 0.1) is 0 Å². The van der Waals surface area contributed by atoms with Crippen molar-refractivity contribution < 1.29 is 5.11 Å². The highest BCUT2D eigenvalue weighted by atomic mass is 32.2. The lowest BCUT2D eigenvalue weighted by atomic mass is 10.3. The van der Waals surface area contributed by atoms with Crippen LogP contribution in [0.15, 0.2) is 6.20 Å². The van der Waals surface area contributed by atoms with Gasteiger partial charge in [0, 0.05) is 5.75 Å². The molecule has 0 spiro atoms. The Morgan fingerprint density at radius 2 is 2.67 bits per heavy atom. The lowest BCUT2D eigenvalue weighted by Gasteiger charge is -2.05. The smallest absolute Gasteiger partial charge is 0.108 e. The van der Waals surface area contributed by atoms with E-state index in [0.717, 1.165) is 5.75 Å². The second-order valence-electron chi connectivity index (χ2n) is 2.87. The number of hydrogen-bond donors (Lipinski definition) is 1. The van der Waals surface area contributed by atoms with Crippen molar-refractivity contribution in [3.05, 3.63) is 11.9 Å². The van der Waals surface area contributed by atoms with Crippen LogP contribution in [0.1, 0.15) is 18.2 Å². The Labute approximate surface area is 75.0 Å². The van der Waals surface area contributed by atoms with Gasteiger partial charge in [0.25, 0.3) is 0 Å². The van der Waals surface area contributed by atoms with Gasteiger partial charge in [-0.1, -0.05) is 5.21 Å². The van der Waals surface area contributed by atoms with Gasteiger partial charge >= 0.3 is 0 Å². The minimum atomic E-state index is -0.0140. The Bertz CT molecular complexity index is 257. The molecule has 0 aliphatic carbocycles. The molecule has 2 rings (SSSR count). The normalized spacial score (nSPS) is 23.2. The van der Waals surface area contributed by atoms with Gasteiger partial charge in [-0.2, -0.15) is 11.8 Å². The Kier molecular flexibility index (Phi) is 2.32. The summed E-state index contributed by atoms with van der Waals surface area (Å²) < 4.78 is 1.87. The second-order valence-corrected chi connectivity index (χ2v) is 4.02. The maximum Gasteiger partial charge on any atom is 0.108 e. The van der Waals surface area contributed by atoms with E-state index in [1.54, 1.807) is 0 Å². The highest BCUT2D eigenvalue weighted by Gasteiger charge is 2.18. The number of aliphatic hydroxyl groups is 1. The Morgan fingerprint density at radius 3 is 3.25 bits per heavy atom. The predicted octanol–water partition coefficient (Wildman–Crippen LogP) is 0.448. The summed E-state index contributed by atoms with van der Waals surface area (Å²) in [4.78, 5) is 0. The Balaban J connectivity index is 2.11. The summed E-state index contributed by atoms with van der Waals surface area (Å²) in [5, 5.41) is 16.6. The second kappa shape index (κ2) is 3.45. The monoisotopic (exact) mass is 185 g/mol. The van der Waals surface area contributed by atoms with E-state index in [0.29, 0.717) is 11.7 Å². The SMILES string of the molecule is OCc1cn([C@@H]2CCSC2)nn1. The first-order chi connectivity index (χ1) is 5.90. The van der Waals surface area contributed by atoms with Gasteiger partial charge in [0.2, 0.25) is 0 Å². The molecule has 0 saturated carbocycles. The van der Waals surface area contributed by atoms with E-state index < -0.39 is 0 Å². The van der Waals surface area contributed by atoms with Crippen LogP contribution >= 0.6 is 11.8 Å². The molecule has 5 heteroatoms. The molecule has 0 unspecified atom stereocenters. The van der Waals surface area contributed by atoms with Crippen LogP contribution < -0.4 is 0 Å². The number of hydrogen-bond acceptors (Lipinski definition) is 4. The van der Waals surface area contributed by atoms with Crippen molar-refractivity contribution in [3.8, 4) is 0 Å². The molecular weight excluding hydrogens is 174 g/mol. The van der Waals surface area contributed by atoms with Gasteiger partial charge in [0.1, 0.15) is 5.69 Å². The third kappa shape index (κ3) is 1.47. The van der Waals surface area contributed by atoms with Crippen molar-refractivity contribution >= 4 is 11.8 Å². The van der Waals surface area contributed by atoms with Crippen LogP contribution in [0.5, 0.6) is 0 Å². The van der Waals surface area contributed by atoms with Crippen molar-refractivity contribution in [2.45, 2.75) is 19.1 Å². The zero-order valence-electron chi connectivity index (χ0n) is 6.68. The zero-order valence-corrected chi connectivity index (χ0v) is 7.50. The molecule has 1 fully saturated rings.